The molecule has 0 unspecified atom stereocenters. The molecule has 1 aromatic rings. The fourth-order valence-corrected chi connectivity index (χ4v) is 3.32. The van der Waals surface area contributed by atoms with Gasteiger partial charge in [0.1, 0.15) is 11.5 Å². The molecule has 0 saturated heterocycles. The first-order valence-electron chi connectivity index (χ1n) is 9.94. The van der Waals surface area contributed by atoms with Gasteiger partial charge in [-0.15, -0.1) is 0 Å². The number of rotatable bonds is 13. The van der Waals surface area contributed by atoms with Crippen molar-refractivity contribution in [3.8, 4) is 5.75 Å². The smallest absolute Gasteiger partial charge is 0.199 e. The maximum absolute atomic E-state index is 12.0. The lowest BCUT2D eigenvalue weighted by molar-refractivity contribution is 0.104. The molecule has 26 heavy (non-hydrogen) atoms. The normalized spacial score (nSPS) is 13.2. The van der Waals surface area contributed by atoms with Crippen molar-refractivity contribution < 1.29 is 14.6 Å². The molecule has 0 atom stereocenters. The fraction of sp³-hybridized carbons (Fsp3) is 0.545. The molecular weight excluding hydrogens is 326 g/mol. The molecule has 0 spiro atoms. The highest BCUT2D eigenvalue weighted by Crippen LogP contribution is 2.32. The van der Waals surface area contributed by atoms with Crippen molar-refractivity contribution in [2.75, 3.05) is 6.61 Å². The van der Waals surface area contributed by atoms with Gasteiger partial charge in [0, 0.05) is 17.3 Å². The summed E-state index contributed by atoms with van der Waals surface area (Å²) in [4.78, 5) is 12.0. The molecule has 4 nitrogen and oxygen atoms in total. The van der Waals surface area contributed by atoms with Crippen LogP contribution in [0.3, 0.4) is 0 Å². The zero-order valence-electron chi connectivity index (χ0n) is 15.9. The first-order chi connectivity index (χ1) is 12.7. The Kier molecular flexibility index (Phi) is 8.39. The van der Waals surface area contributed by atoms with Crippen molar-refractivity contribution in [3.05, 3.63) is 34.9 Å². The number of fused-ring (bicyclic) bond motifs is 1. The molecule has 0 amide bonds. The first kappa shape index (κ1) is 20.2. The summed E-state index contributed by atoms with van der Waals surface area (Å²) >= 11 is 0. The van der Waals surface area contributed by atoms with Crippen molar-refractivity contribution in [3.63, 3.8) is 0 Å². The van der Waals surface area contributed by atoms with Gasteiger partial charge in [0.15, 0.2) is 5.78 Å². The molecule has 0 aliphatic heterocycles. The highest BCUT2D eigenvalue weighted by atomic mass is 16.5. The number of allylic oxidation sites excluding steroid dienone is 1. The lowest BCUT2D eigenvalue weighted by Gasteiger charge is -2.08. The number of ketones is 1. The molecule has 2 N–H and O–H groups in total. The summed E-state index contributed by atoms with van der Waals surface area (Å²) in [7, 11) is 0. The summed E-state index contributed by atoms with van der Waals surface area (Å²) in [5.41, 5.74) is 0.952. The summed E-state index contributed by atoms with van der Waals surface area (Å²) in [6.45, 7) is 2.89. The minimum atomic E-state index is -0.297. The minimum absolute atomic E-state index is 0.0480. The number of aliphatic hydroxyl groups excluding tert-OH is 1. The zero-order chi connectivity index (χ0) is 18.8. The summed E-state index contributed by atoms with van der Waals surface area (Å²) in [6.07, 6.45) is 13.8. The van der Waals surface area contributed by atoms with Crippen LogP contribution in [0.4, 0.5) is 0 Å². The van der Waals surface area contributed by atoms with Gasteiger partial charge in [-0.05, 0) is 24.6 Å². The predicted octanol–water partition coefficient (Wildman–Crippen LogP) is 6.10. The molecule has 0 saturated carbocycles. The Hall–Kier alpha value is -2.10. The molecule has 0 aromatic heterocycles. The topological polar surface area (TPSA) is 70.4 Å². The van der Waals surface area contributed by atoms with Gasteiger partial charge in [0.05, 0.1) is 12.2 Å². The van der Waals surface area contributed by atoms with E-state index in [1.807, 2.05) is 0 Å². The highest BCUT2D eigenvalue weighted by molar-refractivity contribution is 6.29. The number of ether oxygens (including phenoxy) is 1. The Balaban J connectivity index is 1.63. The van der Waals surface area contributed by atoms with Gasteiger partial charge in [-0.25, -0.2) is 0 Å². The van der Waals surface area contributed by atoms with E-state index < -0.39 is 0 Å². The second-order valence-corrected chi connectivity index (χ2v) is 6.97. The number of nitrogens with one attached hydrogen (secondary N) is 1. The maximum Gasteiger partial charge on any atom is 0.199 e. The molecule has 142 valence electrons. The van der Waals surface area contributed by atoms with E-state index >= 15 is 0 Å². The number of aliphatic hydroxyl groups is 1. The molecule has 0 heterocycles. The van der Waals surface area contributed by atoms with E-state index in [2.05, 4.69) is 6.92 Å². The molecule has 1 aromatic carbocycles. The molecule has 0 fully saturated rings. The summed E-state index contributed by atoms with van der Waals surface area (Å²) < 4.78 is 5.75. The van der Waals surface area contributed by atoms with E-state index in [0.717, 1.165) is 12.6 Å². The largest absolute Gasteiger partial charge is 0.506 e. The number of carbonyl (C=O) groups is 1. The lowest BCUT2D eigenvalue weighted by atomic mass is 10.1. The van der Waals surface area contributed by atoms with Crippen LogP contribution >= 0.6 is 0 Å². The SMILES string of the molecule is CCCCCCCCCCCCOc1ccc2c(c1)C(O)=C(C=N)C2=O. The highest BCUT2D eigenvalue weighted by Gasteiger charge is 2.28. The molecular formula is C22H31NO3. The number of benzene rings is 1. The van der Waals surface area contributed by atoms with E-state index in [1.54, 1.807) is 18.2 Å². The van der Waals surface area contributed by atoms with Crippen LogP contribution in [-0.4, -0.2) is 23.7 Å². The van der Waals surface area contributed by atoms with Gasteiger partial charge in [-0.3, -0.25) is 4.79 Å². The number of hydrogen-bond donors (Lipinski definition) is 2. The molecule has 1 aliphatic carbocycles. The van der Waals surface area contributed by atoms with Gasteiger partial charge >= 0.3 is 0 Å². The first-order valence-corrected chi connectivity index (χ1v) is 9.94. The summed E-state index contributed by atoms with van der Waals surface area (Å²) in [5, 5.41) is 17.3. The van der Waals surface area contributed by atoms with Crippen LogP contribution in [0.5, 0.6) is 5.75 Å². The van der Waals surface area contributed by atoms with Crippen molar-refractivity contribution >= 4 is 17.8 Å². The molecule has 0 radical (unpaired) electrons. The zero-order valence-corrected chi connectivity index (χ0v) is 15.9. The minimum Gasteiger partial charge on any atom is -0.506 e. The van der Waals surface area contributed by atoms with E-state index in [4.69, 9.17) is 10.1 Å². The van der Waals surface area contributed by atoms with Gasteiger partial charge in [0.2, 0.25) is 0 Å². The summed E-state index contributed by atoms with van der Waals surface area (Å²) in [5.74, 6) is 0.239. The third-order valence-electron chi connectivity index (χ3n) is 4.90. The Labute approximate surface area is 156 Å². The predicted molar refractivity (Wildman–Crippen MR) is 106 cm³/mol. The van der Waals surface area contributed by atoms with E-state index in [-0.39, 0.29) is 17.1 Å². The summed E-state index contributed by atoms with van der Waals surface area (Å²) in [6, 6.07) is 5.11. The Morgan fingerprint density at radius 1 is 0.962 bits per heavy atom. The Bertz CT molecular complexity index is 649. The van der Waals surface area contributed by atoms with Crippen LogP contribution in [0.2, 0.25) is 0 Å². The maximum atomic E-state index is 12.0. The van der Waals surface area contributed by atoms with Crippen LogP contribution in [0, 0.1) is 5.41 Å². The van der Waals surface area contributed by atoms with Crippen LogP contribution in [-0.2, 0) is 0 Å². The van der Waals surface area contributed by atoms with Gasteiger partial charge in [-0.1, -0.05) is 64.7 Å². The Morgan fingerprint density at radius 3 is 2.19 bits per heavy atom. The quantitative estimate of drug-likeness (QED) is 0.331. The average molecular weight is 357 g/mol. The van der Waals surface area contributed by atoms with Crippen LogP contribution < -0.4 is 4.74 Å². The molecule has 2 rings (SSSR count). The van der Waals surface area contributed by atoms with Crippen molar-refractivity contribution in [2.24, 2.45) is 0 Å². The second kappa shape index (κ2) is 10.8. The monoisotopic (exact) mass is 357 g/mol. The van der Waals surface area contributed by atoms with Crippen molar-refractivity contribution in [1.82, 2.24) is 0 Å². The molecule has 0 bridgehead atoms. The standard InChI is InChI=1S/C22H31NO3/c1-2-3-4-5-6-7-8-9-10-11-14-26-17-12-13-18-19(15-17)22(25)20(16-23)21(18)24/h12-13,15-16,23,25H,2-11,14H2,1H3. The number of unbranched alkanes of at least 4 members (excludes halogenated alkanes) is 9. The van der Waals surface area contributed by atoms with E-state index in [1.165, 1.54) is 57.8 Å². The van der Waals surface area contributed by atoms with E-state index in [9.17, 15) is 9.90 Å². The number of hydrogen-bond acceptors (Lipinski definition) is 4. The van der Waals surface area contributed by atoms with E-state index in [0.29, 0.717) is 23.5 Å². The lowest BCUT2D eigenvalue weighted by Crippen LogP contribution is -2.00. The van der Waals surface area contributed by atoms with Crippen molar-refractivity contribution in [2.45, 2.75) is 71.1 Å². The van der Waals surface area contributed by atoms with Crippen molar-refractivity contribution in [1.29, 1.82) is 5.41 Å². The fourth-order valence-electron chi connectivity index (χ4n) is 3.32. The van der Waals surface area contributed by atoms with Crippen LogP contribution in [0.25, 0.3) is 5.76 Å². The Morgan fingerprint density at radius 2 is 1.58 bits per heavy atom. The van der Waals surface area contributed by atoms with Gasteiger partial charge < -0.3 is 15.3 Å². The third kappa shape index (κ3) is 5.45. The van der Waals surface area contributed by atoms with Crippen LogP contribution in [0.15, 0.2) is 23.8 Å². The van der Waals surface area contributed by atoms with Gasteiger partial charge in [-0.2, -0.15) is 0 Å². The molecule has 1 aliphatic rings. The second-order valence-electron chi connectivity index (χ2n) is 6.97. The average Bonchev–Trinajstić information content (AvgIpc) is 2.89. The molecule has 4 heteroatoms. The van der Waals surface area contributed by atoms with Gasteiger partial charge in [0.25, 0.3) is 0 Å². The number of carbonyl (C=O) groups excluding carboxylic acids is 1. The number of Topliss-reactive ketones (excluding diaryl/α,β-unsaturated/α-hetero) is 1. The third-order valence-corrected chi connectivity index (χ3v) is 4.90. The van der Waals surface area contributed by atoms with Crippen LogP contribution in [0.1, 0.15) is 87.1 Å².